The molecule has 1 fully saturated rings. The largest absolute Gasteiger partial charge is 0.317 e. The molecule has 1 aliphatic heterocycles. The van der Waals surface area contributed by atoms with Gasteiger partial charge in [-0.1, -0.05) is 23.8 Å². The highest BCUT2D eigenvalue weighted by Crippen LogP contribution is 2.28. The quantitative estimate of drug-likeness (QED) is 0.716. The Balaban J connectivity index is 2.22. The Labute approximate surface area is 86.5 Å². The molecule has 0 unspecified atom stereocenters. The molecule has 0 aliphatic carbocycles. The first-order chi connectivity index (χ1) is 6.77. The van der Waals surface area contributed by atoms with Crippen LogP contribution in [0.5, 0.6) is 0 Å². The molecule has 0 atom stereocenters. The van der Waals surface area contributed by atoms with Crippen molar-refractivity contribution in [3.63, 3.8) is 0 Å². The van der Waals surface area contributed by atoms with E-state index in [0.717, 1.165) is 5.92 Å². The lowest BCUT2D eigenvalue weighted by Gasteiger charge is -2.24. The van der Waals surface area contributed by atoms with E-state index in [0.29, 0.717) is 0 Å². The number of piperidine rings is 1. The second kappa shape index (κ2) is 4.14. The molecule has 1 aliphatic rings. The fourth-order valence-corrected chi connectivity index (χ4v) is 2.42. The summed E-state index contributed by atoms with van der Waals surface area (Å²) in [5, 5.41) is 3.42. The molecule has 0 aromatic heterocycles. The Hall–Kier alpha value is -0.820. The maximum atomic E-state index is 3.42. The predicted octanol–water partition coefficient (Wildman–Crippen LogP) is 2.77. The van der Waals surface area contributed by atoms with Gasteiger partial charge in [0.1, 0.15) is 0 Å². The standard InChI is InChI=1S/C13H19N/c1-10-3-4-13(11(2)9-10)12-5-7-14-8-6-12/h3-4,9,12,14H,5-8H2,1-2H3. The lowest BCUT2D eigenvalue weighted by Crippen LogP contribution is -2.26. The van der Waals surface area contributed by atoms with Crippen LogP contribution < -0.4 is 5.32 Å². The van der Waals surface area contributed by atoms with Gasteiger partial charge >= 0.3 is 0 Å². The molecule has 0 radical (unpaired) electrons. The van der Waals surface area contributed by atoms with Crippen molar-refractivity contribution in [1.82, 2.24) is 5.32 Å². The molecule has 0 spiro atoms. The molecule has 0 bridgehead atoms. The van der Waals surface area contributed by atoms with Crippen molar-refractivity contribution in [2.24, 2.45) is 0 Å². The van der Waals surface area contributed by atoms with Gasteiger partial charge in [0.05, 0.1) is 0 Å². The monoisotopic (exact) mass is 189 g/mol. The predicted molar refractivity (Wildman–Crippen MR) is 60.8 cm³/mol. The molecule has 0 amide bonds. The van der Waals surface area contributed by atoms with Crippen LogP contribution in [0.4, 0.5) is 0 Å². The van der Waals surface area contributed by atoms with E-state index in [1.54, 1.807) is 5.56 Å². The molecular formula is C13H19N. The molecule has 1 N–H and O–H groups in total. The van der Waals surface area contributed by atoms with Crippen LogP contribution in [0.2, 0.25) is 0 Å². The first kappa shape index (κ1) is 9.72. The third-order valence-corrected chi connectivity index (χ3v) is 3.20. The summed E-state index contributed by atoms with van der Waals surface area (Å²) in [5.74, 6) is 0.789. The summed E-state index contributed by atoms with van der Waals surface area (Å²) < 4.78 is 0. The number of benzene rings is 1. The van der Waals surface area contributed by atoms with E-state index in [2.05, 4.69) is 37.4 Å². The summed E-state index contributed by atoms with van der Waals surface area (Å²) in [6.07, 6.45) is 2.59. The van der Waals surface area contributed by atoms with E-state index in [9.17, 15) is 0 Å². The second-order valence-electron chi connectivity index (χ2n) is 4.38. The van der Waals surface area contributed by atoms with E-state index in [1.807, 2.05) is 0 Å². The number of rotatable bonds is 1. The number of nitrogens with one attached hydrogen (secondary N) is 1. The summed E-state index contributed by atoms with van der Waals surface area (Å²) in [4.78, 5) is 0. The van der Waals surface area contributed by atoms with E-state index in [4.69, 9.17) is 0 Å². The molecule has 0 saturated carbocycles. The Morgan fingerprint density at radius 2 is 1.86 bits per heavy atom. The summed E-state index contributed by atoms with van der Waals surface area (Å²) in [5.41, 5.74) is 4.41. The van der Waals surface area contributed by atoms with Gasteiger partial charge in [0.15, 0.2) is 0 Å². The topological polar surface area (TPSA) is 12.0 Å². The van der Waals surface area contributed by atoms with Crippen molar-refractivity contribution in [3.8, 4) is 0 Å². The lowest BCUT2D eigenvalue weighted by molar-refractivity contribution is 0.459. The van der Waals surface area contributed by atoms with Crippen LogP contribution in [-0.4, -0.2) is 13.1 Å². The van der Waals surface area contributed by atoms with Crippen LogP contribution >= 0.6 is 0 Å². The van der Waals surface area contributed by atoms with Crippen molar-refractivity contribution in [3.05, 3.63) is 34.9 Å². The van der Waals surface area contributed by atoms with Gasteiger partial charge in [-0.2, -0.15) is 0 Å². The number of aryl methyl sites for hydroxylation is 2. The lowest BCUT2D eigenvalue weighted by atomic mass is 9.87. The zero-order chi connectivity index (χ0) is 9.97. The fourth-order valence-electron chi connectivity index (χ4n) is 2.42. The minimum atomic E-state index is 0.789. The second-order valence-corrected chi connectivity index (χ2v) is 4.38. The van der Waals surface area contributed by atoms with E-state index in [-0.39, 0.29) is 0 Å². The average Bonchev–Trinajstić information content (AvgIpc) is 2.19. The minimum Gasteiger partial charge on any atom is -0.317 e. The molecular weight excluding hydrogens is 170 g/mol. The zero-order valence-electron chi connectivity index (χ0n) is 9.14. The van der Waals surface area contributed by atoms with Gasteiger partial charge in [0, 0.05) is 0 Å². The number of hydrogen-bond donors (Lipinski definition) is 1. The Morgan fingerprint density at radius 1 is 1.14 bits per heavy atom. The van der Waals surface area contributed by atoms with Crippen LogP contribution in [0, 0.1) is 13.8 Å². The Kier molecular flexibility index (Phi) is 2.87. The summed E-state index contributed by atoms with van der Waals surface area (Å²) in [6, 6.07) is 6.86. The van der Waals surface area contributed by atoms with E-state index >= 15 is 0 Å². The molecule has 14 heavy (non-hydrogen) atoms. The Morgan fingerprint density at radius 3 is 2.50 bits per heavy atom. The van der Waals surface area contributed by atoms with Crippen LogP contribution in [0.25, 0.3) is 0 Å². The van der Waals surface area contributed by atoms with Gasteiger partial charge in [-0.3, -0.25) is 0 Å². The van der Waals surface area contributed by atoms with Crippen molar-refractivity contribution >= 4 is 0 Å². The third-order valence-electron chi connectivity index (χ3n) is 3.20. The van der Waals surface area contributed by atoms with Crippen LogP contribution in [0.15, 0.2) is 18.2 Å². The highest BCUT2D eigenvalue weighted by Gasteiger charge is 2.16. The zero-order valence-corrected chi connectivity index (χ0v) is 9.14. The molecule has 76 valence electrons. The van der Waals surface area contributed by atoms with Gasteiger partial charge in [-0.15, -0.1) is 0 Å². The first-order valence-electron chi connectivity index (χ1n) is 5.55. The summed E-state index contributed by atoms with van der Waals surface area (Å²) in [7, 11) is 0. The van der Waals surface area contributed by atoms with Crippen LogP contribution in [0.3, 0.4) is 0 Å². The van der Waals surface area contributed by atoms with Gasteiger partial charge < -0.3 is 5.32 Å². The molecule has 2 rings (SSSR count). The number of hydrogen-bond acceptors (Lipinski definition) is 1. The molecule has 1 saturated heterocycles. The molecule has 1 aromatic rings. The van der Waals surface area contributed by atoms with Crippen molar-refractivity contribution in [1.29, 1.82) is 0 Å². The Bertz CT molecular complexity index is 311. The highest BCUT2D eigenvalue weighted by molar-refractivity contribution is 5.33. The molecule has 1 aromatic carbocycles. The normalized spacial score (nSPS) is 18.4. The van der Waals surface area contributed by atoms with Crippen LogP contribution in [-0.2, 0) is 0 Å². The minimum absolute atomic E-state index is 0.789. The van der Waals surface area contributed by atoms with Gasteiger partial charge in [-0.25, -0.2) is 0 Å². The highest BCUT2D eigenvalue weighted by atomic mass is 14.9. The fraction of sp³-hybridized carbons (Fsp3) is 0.538. The third kappa shape index (κ3) is 1.98. The first-order valence-corrected chi connectivity index (χ1v) is 5.55. The van der Waals surface area contributed by atoms with Crippen LogP contribution in [0.1, 0.15) is 35.4 Å². The summed E-state index contributed by atoms with van der Waals surface area (Å²) >= 11 is 0. The molecule has 1 heteroatoms. The molecule has 1 heterocycles. The van der Waals surface area contributed by atoms with Gasteiger partial charge in [-0.05, 0) is 56.8 Å². The van der Waals surface area contributed by atoms with Crippen molar-refractivity contribution < 1.29 is 0 Å². The van der Waals surface area contributed by atoms with E-state index < -0.39 is 0 Å². The average molecular weight is 189 g/mol. The summed E-state index contributed by atoms with van der Waals surface area (Å²) in [6.45, 7) is 6.76. The molecule has 1 nitrogen and oxygen atoms in total. The maximum absolute atomic E-state index is 3.42. The van der Waals surface area contributed by atoms with Gasteiger partial charge in [0.2, 0.25) is 0 Å². The van der Waals surface area contributed by atoms with Crippen molar-refractivity contribution in [2.45, 2.75) is 32.6 Å². The van der Waals surface area contributed by atoms with Crippen molar-refractivity contribution in [2.75, 3.05) is 13.1 Å². The van der Waals surface area contributed by atoms with Gasteiger partial charge in [0.25, 0.3) is 0 Å². The smallest absolute Gasteiger partial charge is 0.00431 e. The van der Waals surface area contributed by atoms with E-state index in [1.165, 1.54) is 37.1 Å². The maximum Gasteiger partial charge on any atom is -0.00431 e. The SMILES string of the molecule is Cc1ccc(C2CCNCC2)c(C)c1.